The van der Waals surface area contributed by atoms with Crippen LogP contribution >= 0.6 is 0 Å². The second kappa shape index (κ2) is 5.48. The number of nitrogens with zero attached hydrogens (tertiary/aromatic N) is 1. The van der Waals surface area contributed by atoms with Gasteiger partial charge in [-0.3, -0.25) is 14.4 Å². The molecule has 0 aliphatic carbocycles. The van der Waals surface area contributed by atoms with E-state index >= 15 is 0 Å². The molecule has 1 unspecified atom stereocenters. The van der Waals surface area contributed by atoms with Crippen molar-refractivity contribution in [3.05, 3.63) is 0 Å². The molecule has 2 atom stereocenters. The van der Waals surface area contributed by atoms with Gasteiger partial charge in [0.25, 0.3) is 0 Å². The highest BCUT2D eigenvalue weighted by Gasteiger charge is 2.41. The first-order valence-electron chi connectivity index (χ1n) is 5.18. The van der Waals surface area contributed by atoms with Crippen LogP contribution in [-0.4, -0.2) is 58.6 Å². The monoisotopic (exact) mass is 259 g/mol. The zero-order chi connectivity index (χ0) is 13.9. The van der Waals surface area contributed by atoms with E-state index in [0.29, 0.717) is 0 Å². The maximum Gasteiger partial charge on any atom is 0.327 e. The molecule has 0 radical (unpaired) electrons. The average Bonchev–Trinajstić information content (AvgIpc) is 2.66. The second-order valence-electron chi connectivity index (χ2n) is 3.92. The van der Waals surface area contributed by atoms with E-state index in [1.165, 1.54) is 7.11 Å². The predicted octanol–water partition coefficient (Wildman–Crippen LogP) is -1.06. The molecule has 0 aromatic rings. The summed E-state index contributed by atoms with van der Waals surface area (Å²) in [6, 6.07) is -1.45. The third-order valence-corrected chi connectivity index (χ3v) is 2.72. The molecule has 0 aromatic carbocycles. The van der Waals surface area contributed by atoms with Crippen molar-refractivity contribution in [2.75, 3.05) is 13.7 Å². The van der Waals surface area contributed by atoms with Crippen molar-refractivity contribution in [3.8, 4) is 0 Å². The molecule has 1 fully saturated rings. The smallest absolute Gasteiger partial charge is 0.327 e. The number of amides is 1. The van der Waals surface area contributed by atoms with Gasteiger partial charge in [-0.15, -0.1) is 0 Å². The lowest BCUT2D eigenvalue weighted by Crippen LogP contribution is -2.43. The Kier molecular flexibility index (Phi) is 4.24. The molecule has 1 saturated heterocycles. The summed E-state index contributed by atoms with van der Waals surface area (Å²) in [5, 5.41) is 17.5. The summed E-state index contributed by atoms with van der Waals surface area (Å²) >= 11 is 0. The molecule has 1 amide bonds. The maximum absolute atomic E-state index is 11.6. The molecule has 2 N–H and O–H groups in total. The SMILES string of the molecule is COC(=O)C1CC(=O)N([C@@H](CC(=O)O)C(=O)O)C1. The highest BCUT2D eigenvalue weighted by molar-refractivity contribution is 5.91. The lowest BCUT2D eigenvalue weighted by Gasteiger charge is -2.22. The van der Waals surface area contributed by atoms with Crippen LogP contribution < -0.4 is 0 Å². The fourth-order valence-corrected chi connectivity index (χ4v) is 1.85. The molecular formula is C10H13NO7. The minimum absolute atomic E-state index is 0.129. The Labute approximate surface area is 102 Å². The molecule has 0 spiro atoms. The summed E-state index contributed by atoms with van der Waals surface area (Å²) in [5.41, 5.74) is 0. The van der Waals surface area contributed by atoms with Crippen molar-refractivity contribution in [3.63, 3.8) is 0 Å². The zero-order valence-corrected chi connectivity index (χ0v) is 9.66. The predicted molar refractivity (Wildman–Crippen MR) is 55.5 cm³/mol. The van der Waals surface area contributed by atoms with Gasteiger partial charge in [-0.1, -0.05) is 0 Å². The number of likely N-dealkylation sites (tertiary alicyclic amines) is 1. The van der Waals surface area contributed by atoms with E-state index in [1.807, 2.05) is 0 Å². The van der Waals surface area contributed by atoms with E-state index in [-0.39, 0.29) is 13.0 Å². The van der Waals surface area contributed by atoms with Crippen LogP contribution in [0.15, 0.2) is 0 Å². The van der Waals surface area contributed by atoms with E-state index in [9.17, 15) is 19.2 Å². The van der Waals surface area contributed by atoms with Crippen LogP contribution in [-0.2, 0) is 23.9 Å². The first-order chi connectivity index (χ1) is 8.36. The Morgan fingerprint density at radius 1 is 1.44 bits per heavy atom. The Morgan fingerprint density at radius 2 is 2.06 bits per heavy atom. The molecule has 8 heteroatoms. The summed E-state index contributed by atoms with van der Waals surface area (Å²) in [5.74, 6) is -4.63. The number of carboxylic acid groups (broad SMARTS) is 2. The summed E-state index contributed by atoms with van der Waals surface area (Å²) in [7, 11) is 1.17. The van der Waals surface area contributed by atoms with Gasteiger partial charge in [0.15, 0.2) is 0 Å². The van der Waals surface area contributed by atoms with E-state index in [2.05, 4.69) is 4.74 Å². The van der Waals surface area contributed by atoms with Gasteiger partial charge in [-0.2, -0.15) is 0 Å². The second-order valence-corrected chi connectivity index (χ2v) is 3.92. The number of methoxy groups -OCH3 is 1. The fourth-order valence-electron chi connectivity index (χ4n) is 1.85. The largest absolute Gasteiger partial charge is 0.481 e. The number of rotatable bonds is 5. The number of aliphatic carboxylic acids is 2. The van der Waals surface area contributed by atoms with Crippen molar-refractivity contribution in [1.29, 1.82) is 0 Å². The summed E-state index contributed by atoms with van der Waals surface area (Å²) in [4.78, 5) is 45.2. The summed E-state index contributed by atoms with van der Waals surface area (Å²) < 4.78 is 4.47. The van der Waals surface area contributed by atoms with Gasteiger partial charge in [0, 0.05) is 13.0 Å². The quantitative estimate of drug-likeness (QED) is 0.603. The van der Waals surface area contributed by atoms with Crippen LogP contribution in [0.1, 0.15) is 12.8 Å². The molecule has 1 rings (SSSR count). The van der Waals surface area contributed by atoms with Gasteiger partial charge in [-0.05, 0) is 0 Å². The number of carbonyl (C=O) groups excluding carboxylic acids is 2. The van der Waals surface area contributed by atoms with Crippen molar-refractivity contribution < 1.29 is 34.1 Å². The van der Waals surface area contributed by atoms with E-state index < -0.39 is 42.2 Å². The summed E-state index contributed by atoms with van der Waals surface area (Å²) in [6.45, 7) is -0.129. The zero-order valence-electron chi connectivity index (χ0n) is 9.66. The van der Waals surface area contributed by atoms with Gasteiger partial charge >= 0.3 is 17.9 Å². The molecule has 0 bridgehead atoms. The highest BCUT2D eigenvalue weighted by Crippen LogP contribution is 2.22. The van der Waals surface area contributed by atoms with Crippen LogP contribution in [0.3, 0.4) is 0 Å². The van der Waals surface area contributed by atoms with Crippen molar-refractivity contribution in [1.82, 2.24) is 4.90 Å². The van der Waals surface area contributed by atoms with E-state index in [0.717, 1.165) is 4.90 Å². The lowest BCUT2D eigenvalue weighted by atomic mass is 10.1. The van der Waals surface area contributed by atoms with Crippen LogP contribution in [0, 0.1) is 5.92 Å². The average molecular weight is 259 g/mol. The number of carboxylic acids is 2. The molecule has 100 valence electrons. The lowest BCUT2D eigenvalue weighted by molar-refractivity contribution is -0.153. The third-order valence-electron chi connectivity index (χ3n) is 2.72. The Morgan fingerprint density at radius 3 is 2.50 bits per heavy atom. The Balaban J connectivity index is 2.81. The minimum atomic E-state index is -1.45. The number of hydrogen-bond acceptors (Lipinski definition) is 5. The Hall–Kier alpha value is -2.12. The van der Waals surface area contributed by atoms with Crippen LogP contribution in [0.25, 0.3) is 0 Å². The third kappa shape index (κ3) is 2.96. The van der Waals surface area contributed by atoms with Crippen molar-refractivity contribution in [2.24, 2.45) is 5.92 Å². The van der Waals surface area contributed by atoms with Crippen molar-refractivity contribution >= 4 is 23.8 Å². The normalized spacial score (nSPS) is 20.6. The topological polar surface area (TPSA) is 121 Å². The van der Waals surface area contributed by atoms with Gasteiger partial charge in [0.2, 0.25) is 5.91 Å². The van der Waals surface area contributed by atoms with Crippen LogP contribution in [0.2, 0.25) is 0 Å². The highest BCUT2D eigenvalue weighted by atomic mass is 16.5. The van der Waals surface area contributed by atoms with E-state index in [1.54, 1.807) is 0 Å². The van der Waals surface area contributed by atoms with Gasteiger partial charge in [-0.25, -0.2) is 4.79 Å². The van der Waals surface area contributed by atoms with Gasteiger partial charge in [0.1, 0.15) is 6.04 Å². The molecule has 18 heavy (non-hydrogen) atoms. The number of esters is 1. The molecule has 1 aliphatic heterocycles. The van der Waals surface area contributed by atoms with E-state index in [4.69, 9.17) is 10.2 Å². The minimum Gasteiger partial charge on any atom is -0.481 e. The van der Waals surface area contributed by atoms with Crippen molar-refractivity contribution in [2.45, 2.75) is 18.9 Å². The van der Waals surface area contributed by atoms with Crippen LogP contribution in [0.5, 0.6) is 0 Å². The summed E-state index contributed by atoms with van der Waals surface area (Å²) in [6.07, 6.45) is -0.856. The molecule has 8 nitrogen and oxygen atoms in total. The molecular weight excluding hydrogens is 246 g/mol. The number of hydrogen-bond donors (Lipinski definition) is 2. The van der Waals surface area contributed by atoms with Crippen LogP contribution in [0.4, 0.5) is 0 Å². The Bertz CT molecular complexity index is 392. The molecule has 1 aliphatic rings. The van der Waals surface area contributed by atoms with Gasteiger partial charge in [0.05, 0.1) is 19.4 Å². The maximum atomic E-state index is 11.6. The first kappa shape index (κ1) is 13.9. The number of ether oxygens (including phenoxy) is 1. The molecule has 0 saturated carbocycles. The molecule has 0 aromatic heterocycles. The van der Waals surface area contributed by atoms with Gasteiger partial charge < -0.3 is 19.8 Å². The standard InChI is InChI=1S/C10H13NO7/c1-18-10(17)5-2-7(12)11(4-5)6(9(15)16)3-8(13)14/h5-6H,2-4H2,1H3,(H,13,14)(H,15,16)/t5?,6-/m0/s1. The molecule has 1 heterocycles. The fraction of sp³-hybridized carbons (Fsp3) is 0.600. The first-order valence-corrected chi connectivity index (χ1v) is 5.18. The number of carbonyl (C=O) groups is 4.